The van der Waals surface area contributed by atoms with Gasteiger partial charge in [-0.1, -0.05) is 30.3 Å². The monoisotopic (exact) mass is 374 g/mol. The molecule has 0 fully saturated rings. The van der Waals surface area contributed by atoms with Gasteiger partial charge in [0, 0.05) is 17.7 Å². The van der Waals surface area contributed by atoms with Crippen molar-refractivity contribution in [3.05, 3.63) is 65.0 Å². The Hall–Kier alpha value is -3.13. The van der Waals surface area contributed by atoms with Gasteiger partial charge in [-0.2, -0.15) is 0 Å². The molecule has 1 aliphatic rings. The van der Waals surface area contributed by atoms with Gasteiger partial charge < -0.3 is 24.8 Å². The summed E-state index contributed by atoms with van der Waals surface area (Å²) in [6, 6.07) is 11.5. The summed E-state index contributed by atoms with van der Waals surface area (Å²) in [6.07, 6.45) is 0. The SMILES string of the molecule is O=C(NCC(=O)OCc1cc(F)cc2c1OCOC2)NCc1ccccc1. The van der Waals surface area contributed by atoms with Gasteiger partial charge in [0.15, 0.2) is 6.79 Å². The summed E-state index contributed by atoms with van der Waals surface area (Å²) in [7, 11) is 0. The molecule has 2 aromatic carbocycles. The first-order chi connectivity index (χ1) is 13.1. The van der Waals surface area contributed by atoms with Gasteiger partial charge in [-0.3, -0.25) is 4.79 Å². The van der Waals surface area contributed by atoms with E-state index in [4.69, 9.17) is 14.2 Å². The summed E-state index contributed by atoms with van der Waals surface area (Å²) in [5, 5.41) is 5.05. The van der Waals surface area contributed by atoms with Crippen LogP contribution in [0.5, 0.6) is 5.75 Å². The number of hydrogen-bond donors (Lipinski definition) is 2. The fourth-order valence-electron chi connectivity index (χ4n) is 2.57. The molecule has 2 aromatic rings. The third kappa shape index (κ3) is 5.42. The van der Waals surface area contributed by atoms with Gasteiger partial charge in [-0.05, 0) is 17.7 Å². The minimum absolute atomic E-state index is 0.0583. The number of amides is 2. The predicted molar refractivity (Wildman–Crippen MR) is 93.2 cm³/mol. The molecule has 0 unspecified atom stereocenters. The standard InChI is InChI=1S/C19H19FN2O5/c20-16-6-14-10-25-12-27-18(14)15(7-16)11-26-17(23)9-22-19(24)21-8-13-4-2-1-3-5-13/h1-7H,8-12H2,(H2,21,22,24). The molecule has 0 radical (unpaired) electrons. The van der Waals surface area contributed by atoms with Gasteiger partial charge in [0.25, 0.3) is 0 Å². The molecular weight excluding hydrogens is 355 g/mol. The molecule has 8 heteroatoms. The van der Waals surface area contributed by atoms with E-state index >= 15 is 0 Å². The number of urea groups is 1. The maximum absolute atomic E-state index is 13.6. The second-order valence-electron chi connectivity index (χ2n) is 5.85. The summed E-state index contributed by atoms with van der Waals surface area (Å²) in [6.45, 7) is 0.171. The van der Waals surface area contributed by atoms with Crippen molar-refractivity contribution in [1.29, 1.82) is 0 Å². The molecular formula is C19H19FN2O5. The first-order valence-corrected chi connectivity index (χ1v) is 8.35. The van der Waals surface area contributed by atoms with E-state index in [1.807, 2.05) is 30.3 Å². The van der Waals surface area contributed by atoms with E-state index in [1.165, 1.54) is 12.1 Å². The summed E-state index contributed by atoms with van der Waals surface area (Å²) < 4.78 is 29.2. The zero-order valence-corrected chi connectivity index (χ0v) is 14.5. The van der Waals surface area contributed by atoms with Crippen LogP contribution >= 0.6 is 0 Å². The first-order valence-electron chi connectivity index (χ1n) is 8.35. The molecule has 0 aromatic heterocycles. The lowest BCUT2D eigenvalue weighted by atomic mass is 10.1. The highest BCUT2D eigenvalue weighted by atomic mass is 19.1. The fraction of sp³-hybridized carbons (Fsp3) is 0.263. The van der Waals surface area contributed by atoms with Crippen molar-refractivity contribution in [2.75, 3.05) is 13.3 Å². The van der Waals surface area contributed by atoms with Crippen LogP contribution in [0.1, 0.15) is 16.7 Å². The van der Waals surface area contributed by atoms with Crippen LogP contribution in [0.4, 0.5) is 9.18 Å². The Balaban J connectivity index is 1.43. The molecule has 3 rings (SSSR count). The Morgan fingerprint density at radius 1 is 1.15 bits per heavy atom. The normalized spacial score (nSPS) is 12.5. The summed E-state index contributed by atoms with van der Waals surface area (Å²) in [5.41, 5.74) is 1.91. The molecule has 0 saturated heterocycles. The van der Waals surface area contributed by atoms with Gasteiger partial charge in [-0.25, -0.2) is 9.18 Å². The van der Waals surface area contributed by atoms with Crippen LogP contribution in [-0.4, -0.2) is 25.3 Å². The van der Waals surface area contributed by atoms with Crippen molar-refractivity contribution in [1.82, 2.24) is 10.6 Å². The Bertz CT molecular complexity index is 813. The zero-order valence-electron chi connectivity index (χ0n) is 14.5. The van der Waals surface area contributed by atoms with E-state index in [2.05, 4.69) is 10.6 Å². The van der Waals surface area contributed by atoms with E-state index in [0.29, 0.717) is 23.4 Å². The quantitative estimate of drug-likeness (QED) is 0.758. The van der Waals surface area contributed by atoms with Crippen LogP contribution < -0.4 is 15.4 Å². The molecule has 2 N–H and O–H groups in total. The minimum Gasteiger partial charge on any atom is -0.467 e. The van der Waals surface area contributed by atoms with E-state index in [1.54, 1.807) is 0 Å². The first kappa shape index (κ1) is 18.7. The van der Waals surface area contributed by atoms with Crippen LogP contribution in [0.25, 0.3) is 0 Å². The smallest absolute Gasteiger partial charge is 0.325 e. The molecule has 142 valence electrons. The van der Waals surface area contributed by atoms with Crippen LogP contribution in [0, 0.1) is 5.82 Å². The number of halogens is 1. The number of hydrogen-bond acceptors (Lipinski definition) is 5. The highest BCUT2D eigenvalue weighted by Gasteiger charge is 2.18. The topological polar surface area (TPSA) is 85.9 Å². The molecule has 7 nitrogen and oxygen atoms in total. The van der Waals surface area contributed by atoms with E-state index in [-0.39, 0.29) is 26.6 Å². The fourth-order valence-corrected chi connectivity index (χ4v) is 2.57. The molecule has 2 amide bonds. The Kier molecular flexibility index (Phi) is 6.22. The number of fused-ring (bicyclic) bond motifs is 1. The van der Waals surface area contributed by atoms with Crippen molar-refractivity contribution >= 4 is 12.0 Å². The number of carbonyl (C=O) groups excluding carboxylic acids is 2. The number of benzene rings is 2. The summed E-state index contributed by atoms with van der Waals surface area (Å²) in [5.74, 6) is -0.647. The Morgan fingerprint density at radius 2 is 1.96 bits per heavy atom. The van der Waals surface area contributed by atoms with Crippen molar-refractivity contribution < 1.29 is 28.2 Å². The van der Waals surface area contributed by atoms with Gasteiger partial charge in [-0.15, -0.1) is 0 Å². The number of rotatable bonds is 6. The highest BCUT2D eigenvalue weighted by Crippen LogP contribution is 2.29. The zero-order chi connectivity index (χ0) is 19.1. The van der Waals surface area contributed by atoms with Crippen LogP contribution in [-0.2, 0) is 34.0 Å². The molecule has 0 saturated carbocycles. The third-order valence-electron chi connectivity index (χ3n) is 3.83. The highest BCUT2D eigenvalue weighted by molar-refractivity contribution is 5.80. The van der Waals surface area contributed by atoms with Crippen LogP contribution in [0.3, 0.4) is 0 Å². The maximum atomic E-state index is 13.6. The van der Waals surface area contributed by atoms with Crippen molar-refractivity contribution in [3.63, 3.8) is 0 Å². The predicted octanol–water partition coefficient (Wildman–Crippen LogP) is 2.23. The van der Waals surface area contributed by atoms with Crippen molar-refractivity contribution in [2.45, 2.75) is 19.8 Å². The molecule has 0 bridgehead atoms. The lowest BCUT2D eigenvalue weighted by Gasteiger charge is -2.20. The van der Waals surface area contributed by atoms with Crippen LogP contribution in [0.15, 0.2) is 42.5 Å². The second-order valence-corrected chi connectivity index (χ2v) is 5.85. The molecule has 0 aliphatic carbocycles. The number of carbonyl (C=O) groups is 2. The van der Waals surface area contributed by atoms with Gasteiger partial charge in [0.1, 0.15) is 24.7 Å². The number of esters is 1. The molecule has 0 spiro atoms. The number of nitrogens with one attached hydrogen (secondary N) is 2. The van der Waals surface area contributed by atoms with Crippen molar-refractivity contribution in [2.24, 2.45) is 0 Å². The minimum atomic E-state index is -0.644. The van der Waals surface area contributed by atoms with Crippen LogP contribution in [0.2, 0.25) is 0 Å². The molecule has 1 heterocycles. The van der Waals surface area contributed by atoms with Gasteiger partial charge in [0.2, 0.25) is 0 Å². The average Bonchev–Trinajstić information content (AvgIpc) is 2.69. The van der Waals surface area contributed by atoms with Crippen molar-refractivity contribution in [3.8, 4) is 5.75 Å². The average molecular weight is 374 g/mol. The van der Waals surface area contributed by atoms with Gasteiger partial charge >= 0.3 is 12.0 Å². The lowest BCUT2D eigenvalue weighted by molar-refractivity contribution is -0.143. The molecule has 0 atom stereocenters. The van der Waals surface area contributed by atoms with E-state index in [9.17, 15) is 14.0 Å². The number of ether oxygens (including phenoxy) is 3. The third-order valence-corrected chi connectivity index (χ3v) is 3.83. The Labute approximate surface area is 155 Å². The summed E-state index contributed by atoms with van der Waals surface area (Å²) in [4.78, 5) is 23.5. The van der Waals surface area contributed by atoms with E-state index in [0.717, 1.165) is 5.56 Å². The second kappa shape index (κ2) is 9.00. The molecule has 27 heavy (non-hydrogen) atoms. The largest absolute Gasteiger partial charge is 0.467 e. The molecule has 1 aliphatic heterocycles. The Morgan fingerprint density at radius 3 is 2.78 bits per heavy atom. The van der Waals surface area contributed by atoms with E-state index < -0.39 is 17.8 Å². The van der Waals surface area contributed by atoms with Gasteiger partial charge in [0.05, 0.1) is 6.61 Å². The summed E-state index contributed by atoms with van der Waals surface area (Å²) >= 11 is 0. The lowest BCUT2D eigenvalue weighted by Crippen LogP contribution is -2.38. The maximum Gasteiger partial charge on any atom is 0.325 e.